The summed E-state index contributed by atoms with van der Waals surface area (Å²) in [6, 6.07) is 21.5. The molecule has 0 aliphatic rings. The third-order valence-corrected chi connectivity index (χ3v) is 5.81. The van der Waals surface area contributed by atoms with Crippen LogP contribution in [-0.4, -0.2) is 12.5 Å². The van der Waals surface area contributed by atoms with Crippen LogP contribution in [0.3, 0.4) is 0 Å². The van der Waals surface area contributed by atoms with Crippen LogP contribution in [-0.2, 0) is 11.2 Å². The molecule has 0 atom stereocenters. The highest BCUT2D eigenvalue weighted by atomic mass is 127. The minimum atomic E-state index is -0.439. The lowest BCUT2D eigenvalue weighted by atomic mass is 9.98. The number of halogens is 1. The summed E-state index contributed by atoms with van der Waals surface area (Å²) >= 11 is 2.30. The molecule has 0 fully saturated rings. The highest BCUT2D eigenvalue weighted by molar-refractivity contribution is 14.1. The average molecular weight is 536 g/mol. The Morgan fingerprint density at radius 1 is 1.09 bits per heavy atom. The van der Waals surface area contributed by atoms with Crippen molar-refractivity contribution >= 4 is 40.3 Å². The summed E-state index contributed by atoms with van der Waals surface area (Å²) in [6.07, 6.45) is 2.35. The van der Waals surface area contributed by atoms with E-state index in [-0.39, 0.29) is 5.57 Å². The lowest BCUT2D eigenvalue weighted by Crippen LogP contribution is -2.13. The molecule has 0 aliphatic heterocycles. The molecule has 0 radical (unpaired) electrons. The Hall–Kier alpha value is -3.11. The van der Waals surface area contributed by atoms with Crippen LogP contribution < -0.4 is 10.1 Å². The maximum absolute atomic E-state index is 12.6. The van der Waals surface area contributed by atoms with E-state index in [2.05, 4.69) is 60.0 Å². The molecular formula is C27H25IN2O2. The fourth-order valence-corrected chi connectivity index (χ4v) is 4.40. The molecule has 0 spiro atoms. The quantitative estimate of drug-likeness (QED) is 0.215. The van der Waals surface area contributed by atoms with Gasteiger partial charge in [-0.05, 0) is 84.8 Å². The molecule has 3 rings (SSSR count). The van der Waals surface area contributed by atoms with Crippen LogP contribution in [0.4, 0.5) is 5.69 Å². The van der Waals surface area contributed by atoms with Gasteiger partial charge in [0.05, 0.1) is 6.61 Å². The van der Waals surface area contributed by atoms with Gasteiger partial charge < -0.3 is 10.1 Å². The lowest BCUT2D eigenvalue weighted by Gasteiger charge is -2.15. The minimum absolute atomic E-state index is 0.0363. The van der Waals surface area contributed by atoms with E-state index < -0.39 is 5.91 Å². The fraction of sp³-hybridized carbons (Fsp3) is 0.185. The van der Waals surface area contributed by atoms with Gasteiger partial charge in [-0.15, -0.1) is 0 Å². The maximum atomic E-state index is 12.6. The molecule has 3 aromatic carbocycles. The molecule has 1 N–H and O–H groups in total. The largest absolute Gasteiger partial charge is 0.494 e. The van der Waals surface area contributed by atoms with E-state index in [0.29, 0.717) is 12.3 Å². The number of hydrogen-bond acceptors (Lipinski definition) is 3. The number of amides is 1. The van der Waals surface area contributed by atoms with Crippen LogP contribution in [0.2, 0.25) is 0 Å². The first kappa shape index (κ1) is 23.6. The van der Waals surface area contributed by atoms with Crippen LogP contribution in [0, 0.1) is 28.7 Å². The van der Waals surface area contributed by atoms with Crippen LogP contribution in [0.1, 0.15) is 34.7 Å². The van der Waals surface area contributed by atoms with Crippen molar-refractivity contribution in [3.8, 4) is 11.8 Å². The van der Waals surface area contributed by atoms with Gasteiger partial charge in [-0.1, -0.05) is 47.5 Å². The predicted octanol–water partition coefficient (Wildman–Crippen LogP) is 6.44. The number of nitrogens with one attached hydrogen (secondary N) is 1. The first-order valence-electron chi connectivity index (χ1n) is 10.4. The van der Waals surface area contributed by atoms with E-state index in [4.69, 9.17) is 4.74 Å². The second-order valence-electron chi connectivity index (χ2n) is 7.58. The van der Waals surface area contributed by atoms with Gasteiger partial charge >= 0.3 is 0 Å². The van der Waals surface area contributed by atoms with Crippen LogP contribution in [0.15, 0.2) is 66.2 Å². The number of aryl methyl sites for hydroxylation is 2. The first-order valence-corrected chi connectivity index (χ1v) is 11.5. The second kappa shape index (κ2) is 11.0. The zero-order valence-corrected chi connectivity index (χ0v) is 20.6. The summed E-state index contributed by atoms with van der Waals surface area (Å²) in [5, 5.41) is 12.3. The molecule has 0 unspecified atom stereocenters. The summed E-state index contributed by atoms with van der Waals surface area (Å²) in [4.78, 5) is 12.6. The number of ether oxygens (including phenoxy) is 1. The number of anilines is 1. The topological polar surface area (TPSA) is 62.1 Å². The molecule has 0 saturated carbocycles. The van der Waals surface area contributed by atoms with Crippen molar-refractivity contribution in [1.29, 1.82) is 5.26 Å². The van der Waals surface area contributed by atoms with Gasteiger partial charge in [-0.3, -0.25) is 4.79 Å². The number of nitriles is 1. The van der Waals surface area contributed by atoms with E-state index in [9.17, 15) is 10.1 Å². The van der Waals surface area contributed by atoms with Crippen molar-refractivity contribution in [2.75, 3.05) is 11.9 Å². The summed E-state index contributed by atoms with van der Waals surface area (Å²) in [6.45, 7) is 6.68. The van der Waals surface area contributed by atoms with E-state index in [1.54, 1.807) is 18.2 Å². The molecule has 3 aromatic rings. The summed E-state index contributed by atoms with van der Waals surface area (Å²) < 4.78 is 6.97. The third kappa shape index (κ3) is 6.21. The van der Waals surface area contributed by atoms with Crippen molar-refractivity contribution in [1.82, 2.24) is 0 Å². The average Bonchev–Trinajstić information content (AvgIpc) is 2.74. The highest BCUT2D eigenvalue weighted by Gasteiger charge is 2.14. The number of rotatable bonds is 7. The molecular weight excluding hydrogens is 511 g/mol. The molecule has 1 amide bonds. The molecule has 162 valence electrons. The van der Waals surface area contributed by atoms with Gasteiger partial charge in [0, 0.05) is 21.2 Å². The Morgan fingerprint density at radius 2 is 1.78 bits per heavy atom. The standard InChI is InChI=1S/C27H25IN2O2/c1-4-32-26-16-21(13-22(17-29)27(31)30-23-8-6-5-7-9-23)15-25(28)24(26)14-20-11-18(2)10-19(3)12-20/h5-13,15-16H,4,14H2,1-3H3,(H,30,31)/b22-13+. The second-order valence-corrected chi connectivity index (χ2v) is 8.74. The van der Waals surface area contributed by atoms with Crippen molar-refractivity contribution in [3.05, 3.63) is 97.6 Å². The minimum Gasteiger partial charge on any atom is -0.494 e. The SMILES string of the molecule is CCOc1cc(/C=C(\C#N)C(=O)Nc2ccccc2)cc(I)c1Cc1cc(C)cc(C)c1. The normalized spacial score (nSPS) is 11.0. The van der Waals surface area contributed by atoms with Gasteiger partial charge in [0.1, 0.15) is 17.4 Å². The molecule has 0 saturated heterocycles. The third-order valence-electron chi connectivity index (χ3n) is 4.85. The molecule has 0 heterocycles. The molecule has 32 heavy (non-hydrogen) atoms. The van der Waals surface area contributed by atoms with Crippen LogP contribution in [0.5, 0.6) is 5.75 Å². The van der Waals surface area contributed by atoms with Crippen molar-refractivity contribution in [3.63, 3.8) is 0 Å². The zero-order chi connectivity index (χ0) is 23.1. The van der Waals surface area contributed by atoms with Crippen molar-refractivity contribution in [2.45, 2.75) is 27.2 Å². The number of carbonyl (C=O) groups is 1. The Balaban J connectivity index is 1.93. The highest BCUT2D eigenvalue weighted by Crippen LogP contribution is 2.30. The maximum Gasteiger partial charge on any atom is 0.266 e. The number of carbonyl (C=O) groups excluding carboxylic acids is 1. The van der Waals surface area contributed by atoms with Crippen LogP contribution in [0.25, 0.3) is 6.08 Å². The van der Waals surface area contributed by atoms with Gasteiger partial charge in [-0.25, -0.2) is 0 Å². The molecule has 0 bridgehead atoms. The summed E-state index contributed by atoms with van der Waals surface area (Å²) in [5.74, 6) is 0.330. The van der Waals surface area contributed by atoms with Gasteiger partial charge in [-0.2, -0.15) is 5.26 Å². The Bertz CT molecular complexity index is 1170. The number of para-hydroxylation sites is 1. The van der Waals surface area contributed by atoms with Gasteiger partial charge in [0.2, 0.25) is 0 Å². The summed E-state index contributed by atoms with van der Waals surface area (Å²) in [5.41, 5.74) is 6.22. The van der Waals surface area contributed by atoms with E-state index in [1.807, 2.05) is 43.3 Å². The first-order chi connectivity index (χ1) is 15.4. The molecule has 4 nitrogen and oxygen atoms in total. The van der Waals surface area contributed by atoms with Gasteiger partial charge in [0.15, 0.2) is 0 Å². The molecule has 0 aliphatic carbocycles. The van der Waals surface area contributed by atoms with Gasteiger partial charge in [0.25, 0.3) is 5.91 Å². The van der Waals surface area contributed by atoms with Crippen molar-refractivity contribution in [2.24, 2.45) is 0 Å². The number of nitrogens with zero attached hydrogens (tertiary/aromatic N) is 1. The Morgan fingerprint density at radius 3 is 2.41 bits per heavy atom. The van der Waals surface area contributed by atoms with E-state index in [0.717, 1.165) is 26.9 Å². The van der Waals surface area contributed by atoms with E-state index in [1.165, 1.54) is 16.7 Å². The molecule has 0 aromatic heterocycles. The Kier molecular flexibility index (Phi) is 8.07. The monoisotopic (exact) mass is 536 g/mol. The Labute approximate surface area is 203 Å². The predicted molar refractivity (Wildman–Crippen MR) is 138 cm³/mol. The van der Waals surface area contributed by atoms with E-state index >= 15 is 0 Å². The zero-order valence-electron chi connectivity index (χ0n) is 18.4. The number of hydrogen-bond donors (Lipinski definition) is 1. The summed E-state index contributed by atoms with van der Waals surface area (Å²) in [7, 11) is 0. The molecule has 5 heteroatoms. The van der Waals surface area contributed by atoms with Crippen LogP contribution >= 0.6 is 22.6 Å². The number of benzene rings is 3. The van der Waals surface area contributed by atoms with Crippen molar-refractivity contribution < 1.29 is 9.53 Å². The smallest absolute Gasteiger partial charge is 0.266 e. The lowest BCUT2D eigenvalue weighted by molar-refractivity contribution is -0.112. The fourth-order valence-electron chi connectivity index (χ4n) is 3.58.